The van der Waals surface area contributed by atoms with Gasteiger partial charge in [-0.25, -0.2) is 8.42 Å². The van der Waals surface area contributed by atoms with Crippen molar-refractivity contribution in [3.8, 4) is 0 Å². The van der Waals surface area contributed by atoms with Crippen LogP contribution in [0.5, 0.6) is 0 Å². The van der Waals surface area contributed by atoms with Crippen molar-refractivity contribution in [3.63, 3.8) is 0 Å². The summed E-state index contributed by atoms with van der Waals surface area (Å²) in [5.41, 5.74) is 0. The van der Waals surface area contributed by atoms with E-state index in [4.69, 9.17) is 0 Å². The Hall–Kier alpha value is -0.130. The van der Waals surface area contributed by atoms with Gasteiger partial charge in [0.05, 0.1) is 5.25 Å². The second-order valence-electron chi connectivity index (χ2n) is 4.43. The molecular weight excluding hydrogens is 212 g/mol. The van der Waals surface area contributed by atoms with Crippen molar-refractivity contribution >= 4 is 10.0 Å². The van der Waals surface area contributed by atoms with Gasteiger partial charge >= 0.3 is 0 Å². The van der Waals surface area contributed by atoms with Crippen molar-refractivity contribution < 1.29 is 8.42 Å². The minimum Gasteiger partial charge on any atom is -0.298 e. The van der Waals surface area contributed by atoms with Crippen molar-refractivity contribution in [1.29, 1.82) is 0 Å². The van der Waals surface area contributed by atoms with Gasteiger partial charge in [0, 0.05) is 25.7 Å². The molecule has 1 saturated heterocycles. The minimum atomic E-state index is -3.06. The monoisotopic (exact) mass is 234 g/mol. The van der Waals surface area contributed by atoms with Gasteiger partial charge in [-0.1, -0.05) is 6.92 Å². The van der Waals surface area contributed by atoms with Gasteiger partial charge in [0.25, 0.3) is 0 Å². The van der Waals surface area contributed by atoms with Gasteiger partial charge < -0.3 is 0 Å². The summed E-state index contributed by atoms with van der Waals surface area (Å²) in [6.07, 6.45) is 0. The third-order valence-electron chi connectivity index (χ3n) is 3.09. The highest BCUT2D eigenvalue weighted by Crippen LogP contribution is 2.15. The lowest BCUT2D eigenvalue weighted by atomic mass is 10.2. The standard InChI is InChI=1S/C10H22N2O2S/c1-5-11-6-7-12(8-10(11)4)15(13,14)9(2)3/h9-10H,5-8H2,1-4H3. The summed E-state index contributed by atoms with van der Waals surface area (Å²) in [5, 5.41) is -0.308. The van der Waals surface area contributed by atoms with Gasteiger partial charge in [-0.15, -0.1) is 0 Å². The van der Waals surface area contributed by atoms with E-state index < -0.39 is 10.0 Å². The first-order valence-corrected chi connectivity index (χ1v) is 7.13. The van der Waals surface area contributed by atoms with E-state index in [0.717, 1.165) is 13.1 Å². The lowest BCUT2D eigenvalue weighted by Gasteiger charge is -2.39. The molecule has 5 heteroatoms. The Morgan fingerprint density at radius 1 is 1.33 bits per heavy atom. The molecule has 0 aromatic rings. The number of nitrogens with zero attached hydrogens (tertiary/aromatic N) is 2. The second-order valence-corrected chi connectivity index (χ2v) is 6.92. The van der Waals surface area contributed by atoms with Crippen LogP contribution in [0.25, 0.3) is 0 Å². The predicted molar refractivity (Wildman–Crippen MR) is 62.3 cm³/mol. The quantitative estimate of drug-likeness (QED) is 0.723. The lowest BCUT2D eigenvalue weighted by Crippen LogP contribution is -2.54. The third kappa shape index (κ3) is 2.71. The Morgan fingerprint density at radius 2 is 1.93 bits per heavy atom. The van der Waals surface area contributed by atoms with E-state index in [-0.39, 0.29) is 5.25 Å². The van der Waals surface area contributed by atoms with E-state index in [1.54, 1.807) is 18.2 Å². The molecule has 0 aromatic heterocycles. The number of rotatable bonds is 3. The third-order valence-corrected chi connectivity index (χ3v) is 5.33. The zero-order chi connectivity index (χ0) is 11.6. The van der Waals surface area contributed by atoms with E-state index >= 15 is 0 Å². The maximum Gasteiger partial charge on any atom is 0.216 e. The summed E-state index contributed by atoms with van der Waals surface area (Å²) in [4.78, 5) is 2.31. The summed E-state index contributed by atoms with van der Waals surface area (Å²) in [6, 6.07) is 0.331. The van der Waals surface area contributed by atoms with Crippen molar-refractivity contribution in [2.45, 2.75) is 39.0 Å². The SMILES string of the molecule is CCN1CCN(S(=O)(=O)C(C)C)CC1C. The number of likely N-dealkylation sites (N-methyl/N-ethyl adjacent to an activating group) is 1. The molecule has 1 unspecified atom stereocenters. The average Bonchev–Trinajstić information content (AvgIpc) is 2.17. The van der Waals surface area contributed by atoms with E-state index in [9.17, 15) is 8.42 Å². The fraction of sp³-hybridized carbons (Fsp3) is 1.00. The average molecular weight is 234 g/mol. The number of piperazine rings is 1. The van der Waals surface area contributed by atoms with Crippen LogP contribution in [-0.2, 0) is 10.0 Å². The highest BCUT2D eigenvalue weighted by molar-refractivity contribution is 7.89. The predicted octanol–water partition coefficient (Wildman–Crippen LogP) is 0.751. The van der Waals surface area contributed by atoms with Gasteiger partial charge in [-0.05, 0) is 27.3 Å². The van der Waals surface area contributed by atoms with Crippen LogP contribution in [0.15, 0.2) is 0 Å². The molecule has 1 atom stereocenters. The zero-order valence-corrected chi connectivity index (χ0v) is 10.9. The highest BCUT2D eigenvalue weighted by Gasteiger charge is 2.31. The molecule has 0 spiro atoms. The summed E-state index contributed by atoms with van der Waals surface area (Å²) in [7, 11) is -3.06. The van der Waals surface area contributed by atoms with Crippen LogP contribution < -0.4 is 0 Å². The Balaban J connectivity index is 2.70. The molecule has 0 radical (unpaired) electrons. The molecule has 1 fully saturated rings. The van der Waals surface area contributed by atoms with Crippen LogP contribution in [0.2, 0.25) is 0 Å². The van der Waals surface area contributed by atoms with Crippen molar-refractivity contribution in [3.05, 3.63) is 0 Å². The maximum absolute atomic E-state index is 11.9. The van der Waals surface area contributed by atoms with Gasteiger partial charge in [0.2, 0.25) is 10.0 Å². The van der Waals surface area contributed by atoms with Crippen LogP contribution in [0.4, 0.5) is 0 Å². The normalized spacial score (nSPS) is 26.1. The molecule has 0 aliphatic carbocycles. The van der Waals surface area contributed by atoms with E-state index in [2.05, 4.69) is 18.7 Å². The van der Waals surface area contributed by atoms with Gasteiger partial charge in [-0.2, -0.15) is 4.31 Å². The van der Waals surface area contributed by atoms with E-state index in [1.807, 2.05) is 0 Å². The molecule has 4 nitrogen and oxygen atoms in total. The van der Waals surface area contributed by atoms with Crippen LogP contribution in [0, 0.1) is 0 Å². The van der Waals surface area contributed by atoms with Gasteiger partial charge in [0.15, 0.2) is 0 Å². The van der Waals surface area contributed by atoms with E-state index in [1.165, 1.54) is 0 Å². The first-order chi connectivity index (χ1) is 6.89. The maximum atomic E-state index is 11.9. The molecule has 0 amide bonds. The topological polar surface area (TPSA) is 40.6 Å². The van der Waals surface area contributed by atoms with Crippen LogP contribution in [-0.4, -0.2) is 55.1 Å². The van der Waals surface area contributed by atoms with Crippen molar-refractivity contribution in [2.24, 2.45) is 0 Å². The first-order valence-electron chi connectivity index (χ1n) is 5.62. The van der Waals surface area contributed by atoms with Crippen molar-refractivity contribution in [2.75, 3.05) is 26.2 Å². The molecule has 1 aliphatic heterocycles. The van der Waals surface area contributed by atoms with Gasteiger partial charge in [0.1, 0.15) is 0 Å². The summed E-state index contributed by atoms with van der Waals surface area (Å²) >= 11 is 0. The highest BCUT2D eigenvalue weighted by atomic mass is 32.2. The number of hydrogen-bond donors (Lipinski definition) is 0. The molecule has 1 heterocycles. The molecule has 15 heavy (non-hydrogen) atoms. The van der Waals surface area contributed by atoms with Gasteiger partial charge in [-0.3, -0.25) is 4.90 Å². The van der Waals surface area contributed by atoms with Crippen LogP contribution in [0.1, 0.15) is 27.7 Å². The van der Waals surface area contributed by atoms with Crippen LogP contribution in [0.3, 0.4) is 0 Å². The second kappa shape index (κ2) is 4.80. The lowest BCUT2D eigenvalue weighted by molar-refractivity contribution is 0.135. The summed E-state index contributed by atoms with van der Waals surface area (Å²) < 4.78 is 25.5. The Kier molecular flexibility index (Phi) is 4.14. The molecule has 1 aliphatic rings. The Labute approximate surface area is 93.3 Å². The summed E-state index contributed by atoms with van der Waals surface area (Å²) in [5.74, 6) is 0. The smallest absolute Gasteiger partial charge is 0.216 e. The largest absolute Gasteiger partial charge is 0.298 e. The molecular formula is C10H22N2O2S. The van der Waals surface area contributed by atoms with Crippen molar-refractivity contribution in [1.82, 2.24) is 9.21 Å². The van der Waals surface area contributed by atoms with Crippen LogP contribution >= 0.6 is 0 Å². The summed E-state index contributed by atoms with van der Waals surface area (Å²) in [6.45, 7) is 10.8. The van der Waals surface area contributed by atoms with E-state index in [0.29, 0.717) is 19.1 Å². The Bertz CT molecular complexity index is 301. The molecule has 0 aromatic carbocycles. The fourth-order valence-electron chi connectivity index (χ4n) is 1.96. The molecule has 0 bridgehead atoms. The molecule has 0 N–H and O–H groups in total. The molecule has 1 rings (SSSR count). The number of sulfonamides is 1. The molecule has 90 valence electrons. The number of hydrogen-bond acceptors (Lipinski definition) is 3. The zero-order valence-electron chi connectivity index (χ0n) is 10.1. The first kappa shape index (κ1) is 12.9. The minimum absolute atomic E-state index is 0.308. The Morgan fingerprint density at radius 3 is 2.33 bits per heavy atom. The fourth-order valence-corrected chi connectivity index (χ4v) is 3.32. The molecule has 0 saturated carbocycles.